The van der Waals surface area contributed by atoms with Gasteiger partial charge in [-0.2, -0.15) is 0 Å². The number of carboxylic acid groups (broad SMARTS) is 1. The third-order valence-electron chi connectivity index (χ3n) is 2.94. The first kappa shape index (κ1) is 13.0. The number of hydrogen-bond acceptors (Lipinski definition) is 3. The Balaban J connectivity index is 2.50. The van der Waals surface area contributed by atoms with E-state index in [-0.39, 0.29) is 17.7 Å². The molecule has 3 N–H and O–H groups in total. The van der Waals surface area contributed by atoms with Gasteiger partial charge in [0.25, 0.3) is 0 Å². The highest BCUT2D eigenvalue weighted by Gasteiger charge is 2.27. The molecule has 0 aromatic carbocycles. The average molecular weight is 228 g/mol. The second kappa shape index (κ2) is 5.84. The maximum atomic E-state index is 11.8. The number of hydrogen-bond donors (Lipinski definition) is 3. The Labute approximate surface area is 95.6 Å². The van der Waals surface area contributed by atoms with Crippen molar-refractivity contribution in [2.45, 2.75) is 32.7 Å². The van der Waals surface area contributed by atoms with E-state index in [1.807, 2.05) is 0 Å². The molecule has 1 aliphatic heterocycles. The van der Waals surface area contributed by atoms with Gasteiger partial charge in [-0.3, -0.25) is 4.79 Å². The Kier molecular flexibility index (Phi) is 4.73. The van der Waals surface area contributed by atoms with Crippen LogP contribution in [-0.2, 0) is 9.59 Å². The minimum absolute atomic E-state index is 0.0400. The van der Waals surface area contributed by atoms with Gasteiger partial charge in [0.2, 0.25) is 5.91 Å². The summed E-state index contributed by atoms with van der Waals surface area (Å²) in [5, 5.41) is 14.8. The Morgan fingerprint density at radius 1 is 1.31 bits per heavy atom. The van der Waals surface area contributed by atoms with Crippen LogP contribution in [0.2, 0.25) is 0 Å². The van der Waals surface area contributed by atoms with E-state index in [1.165, 1.54) is 0 Å². The highest BCUT2D eigenvalue weighted by Crippen LogP contribution is 2.13. The topological polar surface area (TPSA) is 78.4 Å². The zero-order chi connectivity index (χ0) is 12.1. The number of carbonyl (C=O) groups excluding carboxylic acids is 1. The van der Waals surface area contributed by atoms with Crippen molar-refractivity contribution in [3.05, 3.63) is 0 Å². The van der Waals surface area contributed by atoms with Gasteiger partial charge >= 0.3 is 5.97 Å². The molecule has 5 nitrogen and oxygen atoms in total. The van der Waals surface area contributed by atoms with Crippen LogP contribution >= 0.6 is 0 Å². The highest BCUT2D eigenvalue weighted by atomic mass is 16.4. The monoisotopic (exact) mass is 228 g/mol. The van der Waals surface area contributed by atoms with Gasteiger partial charge in [-0.1, -0.05) is 13.8 Å². The third-order valence-corrected chi connectivity index (χ3v) is 2.94. The van der Waals surface area contributed by atoms with Crippen LogP contribution in [0.25, 0.3) is 0 Å². The van der Waals surface area contributed by atoms with Crippen LogP contribution in [0.15, 0.2) is 0 Å². The predicted octanol–water partition coefficient (Wildman–Crippen LogP) is 0.211. The van der Waals surface area contributed by atoms with Crippen molar-refractivity contribution < 1.29 is 14.7 Å². The number of piperidine rings is 1. The molecule has 1 saturated heterocycles. The molecule has 0 spiro atoms. The smallest absolute Gasteiger partial charge is 0.326 e. The number of aliphatic carboxylic acids is 1. The predicted molar refractivity (Wildman–Crippen MR) is 60.0 cm³/mol. The summed E-state index contributed by atoms with van der Waals surface area (Å²) in [6, 6.07) is -0.776. The maximum Gasteiger partial charge on any atom is 0.326 e. The van der Waals surface area contributed by atoms with Gasteiger partial charge < -0.3 is 15.7 Å². The Morgan fingerprint density at radius 3 is 2.31 bits per heavy atom. The molecule has 1 heterocycles. The molecule has 0 unspecified atom stereocenters. The molecule has 16 heavy (non-hydrogen) atoms. The minimum Gasteiger partial charge on any atom is -0.480 e. The van der Waals surface area contributed by atoms with Crippen LogP contribution in [-0.4, -0.2) is 36.1 Å². The maximum absolute atomic E-state index is 11.8. The van der Waals surface area contributed by atoms with Crippen molar-refractivity contribution in [3.63, 3.8) is 0 Å². The van der Waals surface area contributed by atoms with Gasteiger partial charge in [-0.05, 0) is 31.8 Å². The number of amides is 1. The summed E-state index contributed by atoms with van der Waals surface area (Å²) in [5.74, 6) is -1.22. The zero-order valence-corrected chi connectivity index (χ0v) is 9.82. The molecule has 1 aliphatic rings. The van der Waals surface area contributed by atoms with Crippen LogP contribution in [0.5, 0.6) is 0 Å². The fraction of sp³-hybridized carbons (Fsp3) is 0.818. The average Bonchev–Trinajstić information content (AvgIpc) is 2.25. The van der Waals surface area contributed by atoms with Crippen molar-refractivity contribution in [3.8, 4) is 0 Å². The number of rotatable bonds is 4. The molecule has 1 rings (SSSR count). The quantitative estimate of drug-likeness (QED) is 0.643. The summed E-state index contributed by atoms with van der Waals surface area (Å²) in [7, 11) is 0. The van der Waals surface area contributed by atoms with E-state index < -0.39 is 12.0 Å². The van der Waals surface area contributed by atoms with Gasteiger partial charge in [-0.15, -0.1) is 0 Å². The normalized spacial score (nSPS) is 19.4. The number of carbonyl (C=O) groups is 2. The van der Waals surface area contributed by atoms with Gasteiger partial charge in [0, 0.05) is 5.92 Å². The fourth-order valence-electron chi connectivity index (χ4n) is 1.87. The lowest BCUT2D eigenvalue weighted by Crippen LogP contribution is -2.48. The molecule has 0 bridgehead atoms. The molecule has 0 aromatic heterocycles. The minimum atomic E-state index is -0.961. The van der Waals surface area contributed by atoms with Crippen LogP contribution in [0.1, 0.15) is 26.7 Å². The fourth-order valence-corrected chi connectivity index (χ4v) is 1.87. The molecule has 1 amide bonds. The lowest BCUT2D eigenvalue weighted by molar-refractivity contribution is -0.143. The van der Waals surface area contributed by atoms with Crippen molar-refractivity contribution in [1.82, 2.24) is 10.6 Å². The molecule has 0 saturated carbocycles. The van der Waals surface area contributed by atoms with Gasteiger partial charge in [0.05, 0.1) is 0 Å². The summed E-state index contributed by atoms with van der Waals surface area (Å²) in [6.07, 6.45) is 1.58. The van der Waals surface area contributed by atoms with Crippen LogP contribution in [0.3, 0.4) is 0 Å². The van der Waals surface area contributed by atoms with E-state index >= 15 is 0 Å². The molecule has 92 valence electrons. The second-order valence-corrected chi connectivity index (χ2v) is 4.59. The van der Waals surface area contributed by atoms with Crippen molar-refractivity contribution in [2.75, 3.05) is 13.1 Å². The Hall–Kier alpha value is -1.10. The molecule has 0 aliphatic carbocycles. The van der Waals surface area contributed by atoms with Crippen molar-refractivity contribution >= 4 is 11.9 Å². The number of nitrogens with one attached hydrogen (secondary N) is 2. The summed E-state index contributed by atoms with van der Waals surface area (Å²) in [6.45, 7) is 5.25. The number of carboxylic acids is 1. The molecule has 1 atom stereocenters. The Morgan fingerprint density at radius 2 is 1.88 bits per heavy atom. The zero-order valence-electron chi connectivity index (χ0n) is 9.82. The summed E-state index contributed by atoms with van der Waals surface area (Å²) >= 11 is 0. The lowest BCUT2D eigenvalue weighted by Gasteiger charge is -2.25. The van der Waals surface area contributed by atoms with Crippen LogP contribution in [0, 0.1) is 11.8 Å². The molecule has 5 heteroatoms. The first-order valence-electron chi connectivity index (χ1n) is 5.76. The van der Waals surface area contributed by atoms with Crippen molar-refractivity contribution in [2.24, 2.45) is 11.8 Å². The third kappa shape index (κ3) is 3.48. The summed E-state index contributed by atoms with van der Waals surface area (Å²) in [5.41, 5.74) is 0. The first-order chi connectivity index (χ1) is 7.52. The second-order valence-electron chi connectivity index (χ2n) is 4.59. The van der Waals surface area contributed by atoms with E-state index in [9.17, 15) is 9.59 Å². The van der Waals surface area contributed by atoms with E-state index in [1.54, 1.807) is 13.8 Å². The van der Waals surface area contributed by atoms with Gasteiger partial charge in [0.15, 0.2) is 0 Å². The summed E-state index contributed by atoms with van der Waals surface area (Å²) < 4.78 is 0. The van der Waals surface area contributed by atoms with Crippen LogP contribution in [0.4, 0.5) is 0 Å². The molecule has 0 aromatic rings. The van der Waals surface area contributed by atoms with Crippen molar-refractivity contribution in [1.29, 1.82) is 0 Å². The van der Waals surface area contributed by atoms with Crippen LogP contribution < -0.4 is 10.6 Å². The van der Waals surface area contributed by atoms with Gasteiger partial charge in [0.1, 0.15) is 6.04 Å². The highest BCUT2D eigenvalue weighted by molar-refractivity contribution is 5.85. The molecular formula is C11H20N2O3. The van der Waals surface area contributed by atoms with E-state index in [2.05, 4.69) is 10.6 Å². The van der Waals surface area contributed by atoms with E-state index in [0.717, 1.165) is 25.9 Å². The standard InChI is InChI=1S/C11H20N2O3/c1-7(2)9(11(15)16)13-10(14)8-3-5-12-6-4-8/h7-9,12H,3-6H2,1-2H3,(H,13,14)(H,15,16)/t9-/m1/s1. The van der Waals surface area contributed by atoms with E-state index in [4.69, 9.17) is 5.11 Å². The molecule has 0 radical (unpaired) electrons. The van der Waals surface area contributed by atoms with E-state index in [0.29, 0.717) is 0 Å². The van der Waals surface area contributed by atoms with Gasteiger partial charge in [-0.25, -0.2) is 4.79 Å². The Bertz CT molecular complexity index is 260. The molecule has 1 fully saturated rings. The largest absolute Gasteiger partial charge is 0.480 e. The summed E-state index contributed by atoms with van der Waals surface area (Å²) in [4.78, 5) is 22.7. The lowest BCUT2D eigenvalue weighted by atomic mass is 9.95. The SMILES string of the molecule is CC(C)[C@@H](NC(=O)C1CCNCC1)C(=O)O. The molecular weight excluding hydrogens is 208 g/mol. The first-order valence-corrected chi connectivity index (χ1v) is 5.76.